The van der Waals surface area contributed by atoms with Gasteiger partial charge in [-0.05, 0) is 55.4 Å². The van der Waals surface area contributed by atoms with Crippen molar-refractivity contribution in [3.8, 4) is 47.4 Å². The molecule has 0 aliphatic heterocycles. The first-order chi connectivity index (χ1) is 39.9. The van der Waals surface area contributed by atoms with Gasteiger partial charge in [0.15, 0.2) is 5.65 Å². The number of ketones is 1. The van der Waals surface area contributed by atoms with E-state index in [1.54, 1.807) is 20.0 Å². The maximum Gasteiger partial charge on any atom is 0.349 e. The molecule has 0 aliphatic rings. The largest absolute Gasteiger partial charge is 0.383 e. The number of amides is 3. The Bertz CT molecular complexity index is 3860. The van der Waals surface area contributed by atoms with E-state index in [4.69, 9.17) is 17.2 Å². The lowest BCUT2D eigenvalue weighted by Crippen LogP contribution is -2.32. The van der Waals surface area contributed by atoms with Crippen molar-refractivity contribution in [2.24, 2.45) is 23.7 Å². The Kier molecular flexibility index (Phi) is 26.9. The molecule has 11 N–H and O–H groups in total. The number of nitrogens with one attached hydrogen (secondary N) is 5. The number of carbonyl (C=O) groups is 4. The number of H-pyrrole nitrogens is 2. The van der Waals surface area contributed by atoms with Crippen molar-refractivity contribution in [3.63, 3.8) is 0 Å². The Morgan fingerprint density at radius 2 is 0.918 bits per heavy atom. The second-order valence-corrected chi connectivity index (χ2v) is 21.8. The number of nitrogens with zero attached hydrogens (tertiary/aromatic N) is 8. The molecule has 0 unspecified atom stereocenters. The molecule has 24 nitrogen and oxygen atoms in total. The van der Waals surface area contributed by atoms with Crippen LogP contribution >= 0.6 is 0 Å². The number of nitrogens with two attached hydrogens (primary N) is 3. The Labute approximate surface area is 495 Å². The lowest BCUT2D eigenvalue weighted by Gasteiger charge is -2.09. The highest BCUT2D eigenvalue weighted by Crippen LogP contribution is 2.26. The molecule has 0 spiro atoms. The van der Waals surface area contributed by atoms with Crippen molar-refractivity contribution >= 4 is 63.2 Å². The number of hydrogen-bond acceptors (Lipinski definition) is 15. The highest BCUT2D eigenvalue weighted by atomic mass is 16.2. The van der Waals surface area contributed by atoms with Crippen LogP contribution in [0.2, 0.25) is 0 Å². The van der Waals surface area contributed by atoms with E-state index in [2.05, 4.69) is 107 Å². The minimum Gasteiger partial charge on any atom is -0.383 e. The van der Waals surface area contributed by atoms with Crippen LogP contribution in [0.1, 0.15) is 170 Å². The van der Waals surface area contributed by atoms with Crippen molar-refractivity contribution < 1.29 is 19.2 Å². The summed E-state index contributed by atoms with van der Waals surface area (Å²) in [6.07, 6.45) is 9.12. The normalized spacial score (nSPS) is 10.6. The van der Waals surface area contributed by atoms with Crippen LogP contribution in [0.3, 0.4) is 0 Å². The molecule has 85 heavy (non-hydrogen) atoms. The van der Waals surface area contributed by atoms with E-state index >= 15 is 0 Å². The van der Waals surface area contributed by atoms with Gasteiger partial charge in [0.05, 0.1) is 47.1 Å². The van der Waals surface area contributed by atoms with Gasteiger partial charge in [0.1, 0.15) is 35.0 Å². The topological polar surface area (TPSA) is 354 Å². The van der Waals surface area contributed by atoms with Gasteiger partial charge in [-0.15, -0.1) is 0 Å². The second-order valence-electron chi connectivity index (χ2n) is 21.8. The molecule has 6 rings (SSSR count). The monoisotopic (exact) mass is 1170 g/mol. The number of hydrogen-bond donors (Lipinski definition) is 8. The first-order valence-electron chi connectivity index (χ1n) is 27.9. The van der Waals surface area contributed by atoms with Crippen LogP contribution in [0.5, 0.6) is 0 Å². The van der Waals surface area contributed by atoms with Gasteiger partial charge in [-0.3, -0.25) is 47.9 Å². The van der Waals surface area contributed by atoms with E-state index in [-0.39, 0.29) is 107 Å². The van der Waals surface area contributed by atoms with Crippen molar-refractivity contribution in [1.82, 2.24) is 64.1 Å². The van der Waals surface area contributed by atoms with Gasteiger partial charge < -0.3 is 42.3 Å². The summed E-state index contributed by atoms with van der Waals surface area (Å²) in [5.41, 5.74) is 19.0. The average molecular weight is 1170 g/mol. The van der Waals surface area contributed by atoms with Crippen molar-refractivity contribution in [2.75, 3.05) is 36.8 Å². The van der Waals surface area contributed by atoms with Gasteiger partial charge in [-0.25, -0.2) is 19.6 Å². The number of fused-ring (bicyclic) bond motifs is 2. The summed E-state index contributed by atoms with van der Waals surface area (Å²) < 4.78 is 6.76. The van der Waals surface area contributed by atoms with Gasteiger partial charge in [-0.2, -0.15) is 9.97 Å². The zero-order chi connectivity index (χ0) is 64.0. The van der Waals surface area contributed by atoms with E-state index in [9.17, 15) is 38.4 Å². The first kappa shape index (κ1) is 69.6. The third-order valence-corrected chi connectivity index (χ3v) is 12.2. The summed E-state index contributed by atoms with van der Waals surface area (Å²) in [7, 11) is 0. The fraction of sp³-hybridized carbons (Fsp3) is 0.475. The molecule has 0 saturated heterocycles. The number of nitrogen functional groups attached to an aromatic ring is 3. The third kappa shape index (κ3) is 20.9. The summed E-state index contributed by atoms with van der Waals surface area (Å²) in [6, 6.07) is 0.287. The van der Waals surface area contributed by atoms with E-state index in [1.807, 2.05) is 105 Å². The minimum atomic E-state index is -0.519. The number of aromatic nitrogens is 10. The second kappa shape index (κ2) is 32.8. The summed E-state index contributed by atoms with van der Waals surface area (Å²) >= 11 is 0. The van der Waals surface area contributed by atoms with Gasteiger partial charge in [0.25, 0.3) is 11.1 Å². The average Bonchev–Trinajstić information content (AvgIpc) is 2.11. The molecule has 0 bridgehead atoms. The maximum absolute atomic E-state index is 12.2. The van der Waals surface area contributed by atoms with E-state index in [0.29, 0.717) is 47.4 Å². The smallest absolute Gasteiger partial charge is 0.349 e. The Balaban J connectivity index is 0.000000297. The summed E-state index contributed by atoms with van der Waals surface area (Å²) in [6.45, 7) is 30.9. The van der Waals surface area contributed by atoms with E-state index in [1.165, 1.54) is 21.7 Å². The number of aromatic amines is 2. The van der Waals surface area contributed by atoms with Gasteiger partial charge >= 0.3 is 11.4 Å². The number of Topliss-reactive ketones (excluding diaryl/α,β-unsaturated/α-hetero) is 1. The molecule has 6 heterocycles. The molecular formula is C61H82N16O8. The van der Waals surface area contributed by atoms with Crippen LogP contribution in [0.15, 0.2) is 50.3 Å². The minimum absolute atomic E-state index is 0.0123. The maximum atomic E-state index is 12.2. The molecule has 0 saturated carbocycles. The van der Waals surface area contributed by atoms with Crippen molar-refractivity contribution in [1.29, 1.82) is 0 Å². The molecule has 0 aromatic carbocycles. The molecular weight excluding hydrogens is 1080 g/mol. The molecule has 24 heteroatoms. The van der Waals surface area contributed by atoms with Crippen LogP contribution in [-0.4, -0.2) is 91.3 Å². The van der Waals surface area contributed by atoms with Gasteiger partial charge in [0.2, 0.25) is 23.7 Å². The summed E-state index contributed by atoms with van der Waals surface area (Å²) in [5.74, 6) is 23.4. The summed E-state index contributed by atoms with van der Waals surface area (Å²) in [5, 5.41) is 9.27. The molecule has 454 valence electrons. The predicted molar refractivity (Wildman–Crippen MR) is 333 cm³/mol. The fourth-order valence-corrected chi connectivity index (χ4v) is 7.22. The number of rotatable bonds is 13. The highest BCUT2D eigenvalue weighted by molar-refractivity contribution is 5.92. The van der Waals surface area contributed by atoms with Crippen molar-refractivity contribution in [2.45, 2.75) is 148 Å². The van der Waals surface area contributed by atoms with Crippen LogP contribution in [0.4, 0.5) is 17.6 Å². The Morgan fingerprint density at radius 1 is 0.482 bits per heavy atom. The zero-order valence-corrected chi connectivity index (χ0v) is 51.6. The molecule has 0 radical (unpaired) electrons. The van der Waals surface area contributed by atoms with E-state index < -0.39 is 16.9 Å². The lowest BCUT2D eigenvalue weighted by molar-refractivity contribution is -0.124. The SMILES string of the molecule is CC(C)C(=O)CCC#Cc1cn(C(C)C)c2nc(N)[nH]c(=O)c12.CC(C)C(=O)NCC#Cc1cn(C(C)C)c(=O)[nH]c1=O.CC(C)C(=O)NCC#Cc1cn(C(C)C)c(=O)nc1N.CC(C)C(=O)NCC#Cc1cn(C(C)C)c2ncnc(N)c12. The highest BCUT2D eigenvalue weighted by Gasteiger charge is 2.17. The molecule has 6 aromatic heterocycles. The number of carbonyl (C=O) groups excluding carboxylic acids is 4. The van der Waals surface area contributed by atoms with Gasteiger partial charge in [-0.1, -0.05) is 103 Å². The van der Waals surface area contributed by atoms with E-state index in [0.717, 1.165) is 16.6 Å². The molecule has 0 aliphatic carbocycles. The van der Waals surface area contributed by atoms with Crippen LogP contribution in [0.25, 0.3) is 22.1 Å². The lowest BCUT2D eigenvalue weighted by atomic mass is 10.0. The molecule has 6 aromatic rings. The Morgan fingerprint density at radius 3 is 1.40 bits per heavy atom. The quantitative estimate of drug-likeness (QED) is 0.0725. The van der Waals surface area contributed by atoms with Crippen LogP contribution < -0.4 is 55.6 Å². The fourth-order valence-electron chi connectivity index (χ4n) is 7.22. The van der Waals surface area contributed by atoms with Crippen LogP contribution in [0, 0.1) is 71.0 Å². The predicted octanol–water partition coefficient (Wildman–Crippen LogP) is 4.73. The Hall–Kier alpha value is -9.68. The summed E-state index contributed by atoms with van der Waals surface area (Å²) in [4.78, 5) is 114. The zero-order valence-electron chi connectivity index (χ0n) is 51.6. The molecule has 0 atom stereocenters. The molecule has 0 fully saturated rings. The van der Waals surface area contributed by atoms with Crippen molar-refractivity contribution in [3.05, 3.63) is 95.0 Å². The third-order valence-electron chi connectivity index (χ3n) is 12.2. The standard InChI is InChI=1S/C17H22N4O2.C16H21N5O.C14H20N4O2.C14H19N3O3/c1-10(2)13(22)8-6-5-7-12-9-21(11(3)4)15-14(12)16(23)20-17(18)19-15;1-10(2)16(22)18-7-5-6-12-8-21(11(3)4)15-13(12)14(17)19-9-20-15;1-9(2)13(19)16-7-5-6-11-8-18(10(3)4)14(20)17-12(11)15;1-9(2)12(18)15-7-5-6-11-8-17(10(3)4)14(20)16-13(11)19/h9-11H,6,8H2,1-4H3,(H3,18,19,20,23);8-11H,7H2,1-4H3,(H,18,22)(H2,17,19,20);8-10H,7H2,1-4H3,(H,16,19)(H2,15,17,20);8-10H,7H2,1-4H3,(H,15,18)(H,16,19,20). The van der Waals surface area contributed by atoms with Gasteiger partial charge in [0, 0.05) is 85.5 Å². The molecule has 3 amide bonds. The first-order valence-corrected chi connectivity index (χ1v) is 27.9. The van der Waals surface area contributed by atoms with Crippen LogP contribution in [-0.2, 0) is 19.2 Å². The number of anilines is 3.